The lowest BCUT2D eigenvalue weighted by Gasteiger charge is -2.52. The third-order valence-corrected chi connectivity index (χ3v) is 9.46. The summed E-state index contributed by atoms with van der Waals surface area (Å²) in [5.41, 5.74) is 0.0640. The Labute approximate surface area is 160 Å². The van der Waals surface area contributed by atoms with E-state index in [1.165, 1.54) is 18.4 Å². The Morgan fingerprint density at radius 1 is 1.26 bits per heavy atom. The first kappa shape index (κ1) is 16.7. The smallest absolute Gasteiger partial charge is 0.306 e. The normalized spacial score (nSPS) is 53.3. The number of ether oxygens (including phenoxy) is 1. The van der Waals surface area contributed by atoms with E-state index in [9.17, 15) is 14.7 Å². The molecule has 2 saturated carbocycles. The highest BCUT2D eigenvalue weighted by Gasteiger charge is 2.82. The maximum absolute atomic E-state index is 13.6. The van der Waals surface area contributed by atoms with Gasteiger partial charge in [-0.2, -0.15) is 0 Å². The van der Waals surface area contributed by atoms with Crippen molar-refractivity contribution in [1.82, 2.24) is 4.90 Å². The SMILES string of the molecule is C[C@@H]1CN2C[C@H]3CC[C@H]4CCC=C4[C@@]45CCC(=O)O[C@@H]4[C@@]2(C[C@@]35CO)C1=O. The molecule has 0 amide bonds. The van der Waals surface area contributed by atoms with Crippen LogP contribution in [0.2, 0.25) is 0 Å². The van der Waals surface area contributed by atoms with Crippen LogP contribution in [0.25, 0.3) is 0 Å². The number of esters is 1. The van der Waals surface area contributed by atoms with Crippen LogP contribution in [0.3, 0.4) is 0 Å². The summed E-state index contributed by atoms with van der Waals surface area (Å²) in [5.74, 6) is 0.975. The van der Waals surface area contributed by atoms with Crippen LogP contribution in [0.5, 0.6) is 0 Å². The van der Waals surface area contributed by atoms with Gasteiger partial charge >= 0.3 is 5.97 Å². The molecular weight excluding hydrogens is 342 g/mol. The van der Waals surface area contributed by atoms with Gasteiger partial charge in [-0.25, -0.2) is 0 Å². The Balaban J connectivity index is 1.66. The number of ketones is 1. The summed E-state index contributed by atoms with van der Waals surface area (Å²) < 4.78 is 6.16. The molecule has 7 atom stereocenters. The van der Waals surface area contributed by atoms with E-state index < -0.39 is 11.6 Å². The molecule has 3 saturated heterocycles. The van der Waals surface area contributed by atoms with Crippen molar-refractivity contribution in [2.45, 2.75) is 63.5 Å². The first-order valence-electron chi connectivity index (χ1n) is 10.8. The van der Waals surface area contributed by atoms with E-state index in [4.69, 9.17) is 4.74 Å². The molecule has 5 heteroatoms. The summed E-state index contributed by atoms with van der Waals surface area (Å²) in [7, 11) is 0. The second kappa shape index (κ2) is 5.04. The molecule has 2 spiro atoms. The second-order valence-electron chi connectivity index (χ2n) is 10.1. The van der Waals surface area contributed by atoms with E-state index in [0.717, 1.165) is 32.4 Å². The van der Waals surface area contributed by atoms with Gasteiger partial charge in [-0.15, -0.1) is 0 Å². The number of piperidine rings is 1. The van der Waals surface area contributed by atoms with Crippen molar-refractivity contribution in [3.05, 3.63) is 11.6 Å². The van der Waals surface area contributed by atoms with Crippen molar-refractivity contribution in [3.8, 4) is 0 Å². The van der Waals surface area contributed by atoms with Crippen molar-refractivity contribution in [2.24, 2.45) is 28.6 Å². The minimum absolute atomic E-state index is 0.0225. The minimum Gasteiger partial charge on any atom is -0.459 e. The van der Waals surface area contributed by atoms with E-state index in [0.29, 0.717) is 24.7 Å². The van der Waals surface area contributed by atoms with Gasteiger partial charge in [-0.1, -0.05) is 18.6 Å². The van der Waals surface area contributed by atoms with Gasteiger partial charge in [0, 0.05) is 36.3 Å². The van der Waals surface area contributed by atoms with Crippen molar-refractivity contribution >= 4 is 11.8 Å². The monoisotopic (exact) mass is 371 g/mol. The number of hydrogen-bond donors (Lipinski definition) is 1. The zero-order valence-electron chi connectivity index (χ0n) is 16.1. The highest BCUT2D eigenvalue weighted by Crippen LogP contribution is 2.75. The molecule has 0 aromatic carbocycles. The van der Waals surface area contributed by atoms with Gasteiger partial charge in [-0.05, 0) is 50.4 Å². The zero-order valence-corrected chi connectivity index (χ0v) is 16.1. The molecule has 2 bridgehead atoms. The average Bonchev–Trinajstić information content (AvgIpc) is 3.27. The fraction of sp³-hybridized carbons (Fsp3) is 0.818. The van der Waals surface area contributed by atoms with Crippen molar-refractivity contribution < 1.29 is 19.4 Å². The molecule has 6 aliphatic rings. The summed E-state index contributed by atoms with van der Waals surface area (Å²) in [6.45, 7) is 3.76. The number of carbonyl (C=O) groups is 2. The van der Waals surface area contributed by atoms with Gasteiger partial charge in [0.05, 0.1) is 6.61 Å². The summed E-state index contributed by atoms with van der Waals surface area (Å²) >= 11 is 0. The standard InChI is InChI=1S/C22H29NO4/c1-13-9-23-10-15-6-5-14-3-2-4-16(14)21-8-7-17(25)27-19(21)22(23,18(13)26)11-20(15,21)12-24/h4,13-15,19,24H,2-3,5-12H2,1H3/t13-,14-,15-,19+,20-,21+,22-/m1/s1. The van der Waals surface area contributed by atoms with E-state index in [2.05, 4.69) is 11.0 Å². The first-order valence-corrected chi connectivity index (χ1v) is 10.8. The highest BCUT2D eigenvalue weighted by atomic mass is 16.5. The number of hydrogen-bond acceptors (Lipinski definition) is 5. The van der Waals surface area contributed by atoms with Crippen LogP contribution in [-0.4, -0.2) is 53.1 Å². The lowest BCUT2D eigenvalue weighted by molar-refractivity contribution is -0.176. The number of allylic oxidation sites excluding steroid dienone is 1. The number of carbonyl (C=O) groups excluding carboxylic acids is 2. The van der Waals surface area contributed by atoms with Crippen LogP contribution >= 0.6 is 0 Å². The van der Waals surface area contributed by atoms with E-state index >= 15 is 0 Å². The molecule has 0 aromatic rings. The van der Waals surface area contributed by atoms with Crippen molar-refractivity contribution in [2.75, 3.05) is 19.7 Å². The molecule has 0 unspecified atom stereocenters. The predicted octanol–water partition coefficient (Wildman–Crippen LogP) is 2.08. The van der Waals surface area contributed by atoms with E-state index in [-0.39, 0.29) is 35.1 Å². The first-order chi connectivity index (χ1) is 13.0. The summed E-state index contributed by atoms with van der Waals surface area (Å²) in [6, 6.07) is 0. The van der Waals surface area contributed by atoms with Crippen LogP contribution < -0.4 is 0 Å². The van der Waals surface area contributed by atoms with Crippen LogP contribution in [0.15, 0.2) is 11.6 Å². The average molecular weight is 371 g/mol. The van der Waals surface area contributed by atoms with Crippen molar-refractivity contribution in [1.29, 1.82) is 0 Å². The third-order valence-electron chi connectivity index (χ3n) is 9.46. The molecule has 3 heterocycles. The summed E-state index contributed by atoms with van der Waals surface area (Å²) in [6.07, 6.45) is 8.34. The number of aliphatic hydroxyl groups excluding tert-OH is 1. The zero-order chi connectivity index (χ0) is 18.6. The second-order valence-corrected chi connectivity index (χ2v) is 10.1. The Hall–Kier alpha value is -1.20. The molecule has 0 aromatic heterocycles. The quantitative estimate of drug-likeness (QED) is 0.565. The number of Topliss-reactive ketones (excluding diaryl/α,β-unsaturated/α-hetero) is 1. The molecule has 5 fully saturated rings. The highest BCUT2D eigenvalue weighted by molar-refractivity contribution is 5.95. The van der Waals surface area contributed by atoms with Gasteiger partial charge in [0.15, 0.2) is 5.78 Å². The van der Waals surface area contributed by atoms with Gasteiger partial charge in [-0.3, -0.25) is 14.5 Å². The van der Waals surface area contributed by atoms with Gasteiger partial charge in [0.1, 0.15) is 11.6 Å². The molecule has 146 valence electrons. The van der Waals surface area contributed by atoms with Gasteiger partial charge in [0.2, 0.25) is 0 Å². The largest absolute Gasteiger partial charge is 0.459 e. The molecule has 6 rings (SSSR count). The predicted molar refractivity (Wildman–Crippen MR) is 97.7 cm³/mol. The van der Waals surface area contributed by atoms with Crippen LogP contribution in [0, 0.1) is 28.6 Å². The summed E-state index contributed by atoms with van der Waals surface area (Å²) in [4.78, 5) is 28.4. The van der Waals surface area contributed by atoms with Gasteiger partial charge < -0.3 is 9.84 Å². The molecule has 27 heavy (non-hydrogen) atoms. The Bertz CT molecular complexity index is 776. The van der Waals surface area contributed by atoms with Crippen LogP contribution in [0.1, 0.15) is 51.9 Å². The number of nitrogens with zero attached hydrogens (tertiary/aromatic N) is 1. The number of aliphatic hydroxyl groups is 1. The minimum atomic E-state index is -0.708. The molecule has 5 nitrogen and oxygen atoms in total. The summed E-state index contributed by atoms with van der Waals surface area (Å²) in [5, 5.41) is 10.9. The Kier molecular flexibility index (Phi) is 3.12. The topological polar surface area (TPSA) is 66.8 Å². The molecule has 1 N–H and O–H groups in total. The maximum atomic E-state index is 13.6. The fourth-order valence-corrected chi connectivity index (χ4v) is 8.60. The van der Waals surface area contributed by atoms with Crippen molar-refractivity contribution in [3.63, 3.8) is 0 Å². The Morgan fingerprint density at radius 3 is 2.93 bits per heavy atom. The molecule has 0 radical (unpaired) electrons. The Morgan fingerprint density at radius 2 is 2.11 bits per heavy atom. The fourth-order valence-electron chi connectivity index (χ4n) is 8.60. The van der Waals surface area contributed by atoms with E-state index in [1.807, 2.05) is 6.92 Å². The van der Waals surface area contributed by atoms with Gasteiger partial charge in [0.25, 0.3) is 0 Å². The molecular formula is C22H29NO4. The molecule has 3 aliphatic carbocycles. The van der Waals surface area contributed by atoms with Crippen LogP contribution in [0.4, 0.5) is 0 Å². The third kappa shape index (κ3) is 1.60. The number of fused-ring (bicyclic) bond motifs is 1. The maximum Gasteiger partial charge on any atom is 0.306 e. The van der Waals surface area contributed by atoms with E-state index in [1.54, 1.807) is 0 Å². The number of rotatable bonds is 1. The lowest BCUT2D eigenvalue weighted by atomic mass is 9.53. The molecule has 3 aliphatic heterocycles. The van der Waals surface area contributed by atoms with Crippen LogP contribution in [-0.2, 0) is 14.3 Å². The lowest BCUT2D eigenvalue weighted by Crippen LogP contribution is -2.61.